The van der Waals surface area contributed by atoms with Crippen LogP contribution in [-0.2, 0) is 9.47 Å². The summed E-state index contributed by atoms with van der Waals surface area (Å²) in [6, 6.07) is 0.294. The van der Waals surface area contributed by atoms with E-state index >= 15 is 0 Å². The molecule has 2 aromatic heterocycles. The van der Waals surface area contributed by atoms with E-state index in [1.807, 2.05) is 41.5 Å². The van der Waals surface area contributed by atoms with E-state index in [0.717, 1.165) is 31.9 Å². The zero-order valence-electron chi connectivity index (χ0n) is 29.0. The van der Waals surface area contributed by atoms with Crippen LogP contribution in [0.15, 0.2) is 12.4 Å². The van der Waals surface area contributed by atoms with Crippen molar-refractivity contribution >= 4 is 52.7 Å². The van der Waals surface area contributed by atoms with Crippen LogP contribution in [0.25, 0.3) is 0 Å². The molecule has 2 aromatic rings. The topological polar surface area (TPSA) is 251 Å². The highest BCUT2D eigenvalue weighted by Gasteiger charge is 2.23. The molecule has 0 aliphatic heterocycles. The van der Waals surface area contributed by atoms with Gasteiger partial charge in [0.15, 0.2) is 0 Å². The van der Waals surface area contributed by atoms with Gasteiger partial charge in [-0.3, -0.25) is 20.2 Å². The molecule has 2 heterocycles. The number of nitro groups is 2. The predicted octanol–water partition coefficient (Wildman–Crippen LogP) is 5.43. The molecule has 1 fully saturated rings. The van der Waals surface area contributed by atoms with Gasteiger partial charge in [0.1, 0.15) is 24.6 Å². The van der Waals surface area contributed by atoms with Crippen LogP contribution in [0.2, 0.25) is 5.28 Å². The number of aromatic nitrogens is 4. The molecule has 1 aliphatic carbocycles. The lowest BCUT2D eigenvalue weighted by Crippen LogP contribution is -2.42. The van der Waals surface area contributed by atoms with Crippen LogP contribution >= 0.6 is 11.6 Å². The van der Waals surface area contributed by atoms with Gasteiger partial charge >= 0.3 is 23.6 Å². The Morgan fingerprint density at radius 1 is 0.837 bits per heavy atom. The van der Waals surface area contributed by atoms with E-state index in [9.17, 15) is 29.8 Å². The van der Waals surface area contributed by atoms with Gasteiger partial charge in [-0.1, -0.05) is 12.8 Å². The van der Waals surface area contributed by atoms with E-state index in [4.69, 9.17) is 21.1 Å². The van der Waals surface area contributed by atoms with Gasteiger partial charge < -0.3 is 36.1 Å². The van der Waals surface area contributed by atoms with Crippen molar-refractivity contribution in [3.05, 3.63) is 37.9 Å². The quantitative estimate of drug-likeness (QED) is 0.105. The first-order valence-electron chi connectivity index (χ1n) is 15.6. The van der Waals surface area contributed by atoms with Gasteiger partial charge in [0.25, 0.3) is 0 Å². The van der Waals surface area contributed by atoms with Crippen LogP contribution in [0, 0.1) is 20.2 Å². The summed E-state index contributed by atoms with van der Waals surface area (Å²) in [5.41, 5.74) is -1.35. The van der Waals surface area contributed by atoms with Gasteiger partial charge in [0.05, 0.1) is 22.9 Å². The third-order valence-electron chi connectivity index (χ3n) is 6.28. The SMILES string of the molecule is CC(CNc1nc(Cl)ncc1[N+](=O)[O-])OC(=O)NC(C)(C)C.CC(CNc1nc(NC2CCCC2)ncc1[N+](=O)[O-])OC(=O)NC(C)(C)C. The van der Waals surface area contributed by atoms with Crippen LogP contribution < -0.4 is 26.6 Å². The molecule has 49 heavy (non-hydrogen) atoms. The zero-order valence-corrected chi connectivity index (χ0v) is 29.7. The van der Waals surface area contributed by atoms with Gasteiger partial charge in [-0.2, -0.15) is 9.97 Å². The number of hydrogen-bond donors (Lipinski definition) is 5. The van der Waals surface area contributed by atoms with E-state index < -0.39 is 45.3 Å². The van der Waals surface area contributed by atoms with Crippen LogP contribution in [0.3, 0.4) is 0 Å². The van der Waals surface area contributed by atoms with Crippen LogP contribution in [0.5, 0.6) is 0 Å². The molecule has 1 aliphatic rings. The average molecular weight is 712 g/mol. The molecule has 0 saturated heterocycles. The molecule has 20 heteroatoms. The number of alkyl carbamates (subject to hydrolysis) is 2. The Balaban J connectivity index is 0.000000348. The van der Waals surface area contributed by atoms with Crippen molar-refractivity contribution in [2.45, 2.75) is 110 Å². The molecule has 0 aromatic carbocycles. The van der Waals surface area contributed by atoms with Gasteiger partial charge in [-0.05, 0) is 79.8 Å². The summed E-state index contributed by atoms with van der Waals surface area (Å²) >= 11 is 5.61. The maximum atomic E-state index is 11.8. The van der Waals surface area contributed by atoms with Crippen LogP contribution in [0.4, 0.5) is 38.5 Å². The number of nitrogens with one attached hydrogen (secondary N) is 5. The van der Waals surface area contributed by atoms with E-state index in [0.29, 0.717) is 12.0 Å². The van der Waals surface area contributed by atoms with Gasteiger partial charge in [0.2, 0.25) is 22.9 Å². The molecule has 2 unspecified atom stereocenters. The summed E-state index contributed by atoms with van der Waals surface area (Å²) in [5, 5.41) is 36.1. The minimum absolute atomic E-state index is 0.0309. The number of hydrogen-bond acceptors (Lipinski definition) is 15. The van der Waals surface area contributed by atoms with Gasteiger partial charge in [-0.25, -0.2) is 19.6 Å². The largest absolute Gasteiger partial charge is 0.445 e. The smallest absolute Gasteiger partial charge is 0.407 e. The normalized spacial score (nSPS) is 14.3. The molecule has 0 radical (unpaired) electrons. The second-order valence-electron chi connectivity index (χ2n) is 13.4. The number of anilines is 3. The first-order chi connectivity index (χ1) is 22.7. The summed E-state index contributed by atoms with van der Waals surface area (Å²) in [7, 11) is 0. The van der Waals surface area contributed by atoms with Crippen molar-refractivity contribution < 1.29 is 28.9 Å². The third kappa shape index (κ3) is 15.8. The molecule has 272 valence electrons. The van der Waals surface area contributed by atoms with Crippen molar-refractivity contribution in [2.24, 2.45) is 0 Å². The molecule has 5 N–H and O–H groups in total. The minimum atomic E-state index is -0.628. The summed E-state index contributed by atoms with van der Waals surface area (Å²) in [4.78, 5) is 59.9. The van der Waals surface area contributed by atoms with Gasteiger partial charge in [0, 0.05) is 17.1 Å². The van der Waals surface area contributed by atoms with Crippen molar-refractivity contribution in [2.75, 3.05) is 29.0 Å². The van der Waals surface area contributed by atoms with Crippen molar-refractivity contribution in [1.29, 1.82) is 0 Å². The maximum Gasteiger partial charge on any atom is 0.407 e. The highest BCUT2D eigenvalue weighted by Crippen LogP contribution is 2.25. The first-order valence-corrected chi connectivity index (χ1v) is 16.0. The van der Waals surface area contributed by atoms with E-state index in [1.54, 1.807) is 13.8 Å². The Kier molecular flexibility index (Phi) is 14.9. The average Bonchev–Trinajstić information content (AvgIpc) is 3.46. The summed E-state index contributed by atoms with van der Waals surface area (Å²) in [6.07, 6.45) is 4.43. The molecule has 1 saturated carbocycles. The number of ether oxygens (including phenoxy) is 2. The second kappa shape index (κ2) is 18.1. The highest BCUT2D eigenvalue weighted by atomic mass is 35.5. The Labute approximate surface area is 289 Å². The summed E-state index contributed by atoms with van der Waals surface area (Å²) < 4.78 is 10.4. The van der Waals surface area contributed by atoms with Gasteiger partial charge in [-0.15, -0.1) is 0 Å². The van der Waals surface area contributed by atoms with Crippen LogP contribution in [0.1, 0.15) is 81.1 Å². The van der Waals surface area contributed by atoms with Crippen molar-refractivity contribution in [3.8, 4) is 0 Å². The minimum Gasteiger partial charge on any atom is -0.445 e. The Bertz CT molecular complexity index is 1450. The summed E-state index contributed by atoms with van der Waals surface area (Å²) in [6.45, 7) is 14.7. The zero-order chi connectivity index (χ0) is 36.9. The fraction of sp³-hybridized carbons (Fsp3) is 0.655. The standard InChI is InChI=1S/C17H28N6O4.C12H18ClN5O4/c1-11(27-16(24)22-17(2,3)4)9-18-14-13(23(25)26)10-19-15(21-14)20-12-7-5-6-8-12;1-7(22-11(19)17-12(2,3)4)5-14-9-8(18(20)21)6-15-10(13)16-9/h10-12H,5-9H2,1-4H3,(H,22,24)(H2,18,19,20,21);6-7H,5H2,1-4H3,(H,17,19)(H,14,15,16). The second-order valence-corrected chi connectivity index (χ2v) is 13.7. The molecule has 2 atom stereocenters. The summed E-state index contributed by atoms with van der Waals surface area (Å²) in [5.74, 6) is 0.424. The fourth-order valence-electron chi connectivity index (χ4n) is 4.18. The van der Waals surface area contributed by atoms with E-state index in [2.05, 4.69) is 46.5 Å². The van der Waals surface area contributed by atoms with E-state index in [-0.39, 0.29) is 41.4 Å². The van der Waals surface area contributed by atoms with Crippen molar-refractivity contribution in [3.63, 3.8) is 0 Å². The lowest BCUT2D eigenvalue weighted by atomic mass is 10.1. The Morgan fingerprint density at radius 3 is 1.69 bits per heavy atom. The Hall–Kier alpha value is -4.81. The number of halogens is 1. The first kappa shape index (κ1) is 40.4. The monoisotopic (exact) mass is 711 g/mol. The molecular weight excluding hydrogens is 666 g/mol. The number of carbonyl (C=O) groups is 2. The predicted molar refractivity (Wildman–Crippen MR) is 183 cm³/mol. The molecule has 19 nitrogen and oxygen atoms in total. The number of nitrogens with zero attached hydrogens (tertiary/aromatic N) is 6. The number of carbonyl (C=O) groups excluding carboxylic acids is 2. The Morgan fingerprint density at radius 2 is 1.27 bits per heavy atom. The fourth-order valence-corrected chi connectivity index (χ4v) is 4.31. The molecule has 0 spiro atoms. The molecule has 2 amide bonds. The molecular formula is C29H46ClN11O8. The van der Waals surface area contributed by atoms with E-state index in [1.165, 1.54) is 6.20 Å². The number of amides is 2. The third-order valence-corrected chi connectivity index (χ3v) is 6.46. The lowest BCUT2D eigenvalue weighted by molar-refractivity contribution is -0.384. The van der Waals surface area contributed by atoms with Crippen LogP contribution in [-0.4, -0.2) is 84.4 Å². The number of rotatable bonds is 12. The molecule has 0 bridgehead atoms. The van der Waals surface area contributed by atoms with Crippen molar-refractivity contribution in [1.82, 2.24) is 30.6 Å². The lowest BCUT2D eigenvalue weighted by Gasteiger charge is -2.22. The maximum absolute atomic E-state index is 11.8. The molecule has 3 rings (SSSR count). The highest BCUT2D eigenvalue weighted by molar-refractivity contribution is 6.28.